The van der Waals surface area contributed by atoms with Gasteiger partial charge in [0.15, 0.2) is 0 Å². The highest BCUT2D eigenvalue weighted by Crippen LogP contribution is 2.34. The largest absolute Gasteiger partial charge is 0.495 e. The van der Waals surface area contributed by atoms with Crippen LogP contribution >= 0.6 is 11.3 Å². The summed E-state index contributed by atoms with van der Waals surface area (Å²) >= 11 is 1.67. The van der Waals surface area contributed by atoms with Crippen molar-refractivity contribution in [1.82, 2.24) is 4.90 Å². The Hall–Kier alpha value is -1.49. The van der Waals surface area contributed by atoms with Crippen molar-refractivity contribution in [2.24, 2.45) is 0 Å². The van der Waals surface area contributed by atoms with Crippen LogP contribution in [0.25, 0.3) is 5.57 Å². The van der Waals surface area contributed by atoms with Crippen LogP contribution in [0.2, 0.25) is 0 Å². The molecule has 4 nitrogen and oxygen atoms in total. The number of methoxy groups -OCH3 is 1. The van der Waals surface area contributed by atoms with E-state index < -0.39 is 5.60 Å². The SMILES string of the molecule is COc1ccsc1C1=CCN(C(=O)OC(C)(C)C)CC1. The molecule has 1 aliphatic rings. The Balaban J connectivity index is 2.02. The predicted molar refractivity (Wildman–Crippen MR) is 81.3 cm³/mol. The summed E-state index contributed by atoms with van der Waals surface area (Å²) in [4.78, 5) is 14.9. The van der Waals surface area contributed by atoms with E-state index in [0.29, 0.717) is 13.1 Å². The second kappa shape index (κ2) is 5.87. The Morgan fingerprint density at radius 3 is 2.70 bits per heavy atom. The fourth-order valence-electron chi connectivity index (χ4n) is 2.06. The third-order valence-corrected chi connectivity index (χ3v) is 3.97. The van der Waals surface area contributed by atoms with Gasteiger partial charge in [0.2, 0.25) is 0 Å². The summed E-state index contributed by atoms with van der Waals surface area (Å²) in [7, 11) is 1.68. The molecule has 1 aromatic rings. The minimum absolute atomic E-state index is 0.244. The van der Waals surface area contributed by atoms with Gasteiger partial charge in [-0.05, 0) is 44.2 Å². The quantitative estimate of drug-likeness (QED) is 0.833. The Kier molecular flexibility index (Phi) is 4.38. The topological polar surface area (TPSA) is 38.8 Å². The van der Waals surface area contributed by atoms with Gasteiger partial charge in [-0.2, -0.15) is 0 Å². The van der Waals surface area contributed by atoms with Gasteiger partial charge < -0.3 is 14.4 Å². The average molecular weight is 295 g/mol. The first kappa shape index (κ1) is 14.9. The van der Waals surface area contributed by atoms with Crippen molar-refractivity contribution in [3.05, 3.63) is 22.4 Å². The summed E-state index contributed by atoms with van der Waals surface area (Å²) in [6.07, 6.45) is 2.67. The Labute approximate surface area is 124 Å². The highest BCUT2D eigenvalue weighted by molar-refractivity contribution is 7.11. The molecule has 5 heteroatoms. The number of amides is 1. The van der Waals surface area contributed by atoms with E-state index >= 15 is 0 Å². The molecule has 0 spiro atoms. The molecule has 1 aliphatic heterocycles. The Bertz CT molecular complexity index is 513. The summed E-state index contributed by atoms with van der Waals surface area (Å²) in [5.41, 5.74) is 0.801. The van der Waals surface area contributed by atoms with E-state index in [1.807, 2.05) is 32.2 Å². The van der Waals surface area contributed by atoms with Crippen LogP contribution in [0.15, 0.2) is 17.5 Å². The van der Waals surface area contributed by atoms with Crippen LogP contribution in [0.5, 0.6) is 5.75 Å². The van der Waals surface area contributed by atoms with Crippen LogP contribution in [0.4, 0.5) is 4.79 Å². The van der Waals surface area contributed by atoms with Gasteiger partial charge in [0.05, 0.1) is 12.0 Å². The molecular weight excluding hydrogens is 274 g/mol. The predicted octanol–water partition coefficient (Wildman–Crippen LogP) is 3.78. The highest BCUT2D eigenvalue weighted by atomic mass is 32.1. The van der Waals surface area contributed by atoms with Gasteiger partial charge in [-0.1, -0.05) is 6.08 Å². The standard InChI is InChI=1S/C15H21NO3S/c1-15(2,3)19-14(17)16-8-5-11(6-9-16)13-12(18-4)7-10-20-13/h5,7,10H,6,8-9H2,1-4H3. The van der Waals surface area contributed by atoms with E-state index in [4.69, 9.17) is 9.47 Å². The lowest BCUT2D eigenvalue weighted by Crippen LogP contribution is -2.39. The van der Waals surface area contributed by atoms with E-state index in [2.05, 4.69) is 6.08 Å². The van der Waals surface area contributed by atoms with Gasteiger partial charge in [-0.15, -0.1) is 11.3 Å². The lowest BCUT2D eigenvalue weighted by atomic mass is 10.1. The summed E-state index contributed by atoms with van der Waals surface area (Å²) in [6.45, 7) is 6.92. The van der Waals surface area contributed by atoms with Gasteiger partial charge in [0.25, 0.3) is 0 Å². The number of carbonyl (C=O) groups is 1. The summed E-state index contributed by atoms with van der Waals surface area (Å²) < 4.78 is 10.7. The van der Waals surface area contributed by atoms with Crippen LogP contribution in [0, 0.1) is 0 Å². The first-order valence-corrected chi connectivity index (χ1v) is 7.57. The molecule has 110 valence electrons. The molecule has 0 fully saturated rings. The van der Waals surface area contributed by atoms with Crippen LogP contribution in [0.3, 0.4) is 0 Å². The number of carbonyl (C=O) groups excluding carboxylic acids is 1. The maximum absolute atomic E-state index is 12.0. The second-order valence-electron chi connectivity index (χ2n) is 5.72. The number of hydrogen-bond acceptors (Lipinski definition) is 4. The van der Waals surface area contributed by atoms with Crippen LogP contribution in [-0.2, 0) is 4.74 Å². The van der Waals surface area contributed by atoms with Crippen LogP contribution in [-0.4, -0.2) is 36.8 Å². The normalized spacial score (nSPS) is 15.8. The van der Waals surface area contributed by atoms with Gasteiger partial charge in [-0.25, -0.2) is 4.79 Å². The number of hydrogen-bond donors (Lipinski definition) is 0. The van der Waals surface area contributed by atoms with E-state index in [1.54, 1.807) is 23.3 Å². The molecule has 0 aliphatic carbocycles. The molecular formula is C15H21NO3S. The molecule has 0 N–H and O–H groups in total. The molecule has 1 amide bonds. The Morgan fingerprint density at radius 1 is 1.40 bits per heavy atom. The Morgan fingerprint density at radius 2 is 2.15 bits per heavy atom. The maximum Gasteiger partial charge on any atom is 0.410 e. The van der Waals surface area contributed by atoms with Crippen molar-refractivity contribution in [3.63, 3.8) is 0 Å². The zero-order valence-electron chi connectivity index (χ0n) is 12.4. The molecule has 0 saturated carbocycles. The molecule has 0 radical (unpaired) electrons. The molecule has 1 aromatic heterocycles. The van der Waals surface area contributed by atoms with Crippen LogP contribution in [0.1, 0.15) is 32.1 Å². The second-order valence-corrected chi connectivity index (χ2v) is 6.64. The van der Waals surface area contributed by atoms with E-state index in [1.165, 1.54) is 5.57 Å². The van der Waals surface area contributed by atoms with E-state index in [9.17, 15) is 4.79 Å². The fourth-order valence-corrected chi connectivity index (χ4v) is 2.99. The maximum atomic E-state index is 12.0. The van der Waals surface area contributed by atoms with E-state index in [0.717, 1.165) is 17.0 Å². The monoisotopic (exact) mass is 295 g/mol. The first-order valence-electron chi connectivity index (χ1n) is 6.69. The third kappa shape index (κ3) is 3.54. The molecule has 0 saturated heterocycles. The lowest BCUT2D eigenvalue weighted by Gasteiger charge is -2.29. The third-order valence-electron chi connectivity index (χ3n) is 3.00. The van der Waals surface area contributed by atoms with Crippen molar-refractivity contribution in [2.45, 2.75) is 32.8 Å². The van der Waals surface area contributed by atoms with Gasteiger partial charge in [0.1, 0.15) is 11.4 Å². The lowest BCUT2D eigenvalue weighted by molar-refractivity contribution is 0.0270. The number of nitrogens with zero attached hydrogens (tertiary/aromatic N) is 1. The fraction of sp³-hybridized carbons (Fsp3) is 0.533. The van der Waals surface area contributed by atoms with Gasteiger partial charge in [0, 0.05) is 13.1 Å². The van der Waals surface area contributed by atoms with Gasteiger partial charge in [-0.3, -0.25) is 0 Å². The van der Waals surface area contributed by atoms with Crippen LogP contribution < -0.4 is 4.74 Å². The van der Waals surface area contributed by atoms with Gasteiger partial charge >= 0.3 is 6.09 Å². The zero-order chi connectivity index (χ0) is 14.8. The van der Waals surface area contributed by atoms with Crippen molar-refractivity contribution < 1.29 is 14.3 Å². The summed E-state index contributed by atoms with van der Waals surface area (Å²) in [5.74, 6) is 0.909. The number of ether oxygens (including phenoxy) is 2. The summed E-state index contributed by atoms with van der Waals surface area (Å²) in [6, 6.07) is 1.97. The average Bonchev–Trinajstić information content (AvgIpc) is 2.85. The van der Waals surface area contributed by atoms with Crippen molar-refractivity contribution in [2.75, 3.05) is 20.2 Å². The minimum Gasteiger partial charge on any atom is -0.495 e. The minimum atomic E-state index is -0.446. The summed E-state index contributed by atoms with van der Waals surface area (Å²) in [5, 5.41) is 2.02. The molecule has 0 aromatic carbocycles. The molecule has 0 atom stereocenters. The molecule has 2 rings (SSSR count). The van der Waals surface area contributed by atoms with E-state index in [-0.39, 0.29) is 6.09 Å². The molecule has 20 heavy (non-hydrogen) atoms. The molecule has 0 bridgehead atoms. The number of rotatable bonds is 2. The van der Waals surface area contributed by atoms with Crippen molar-refractivity contribution >= 4 is 23.0 Å². The van der Waals surface area contributed by atoms with Crippen molar-refractivity contribution in [1.29, 1.82) is 0 Å². The highest BCUT2D eigenvalue weighted by Gasteiger charge is 2.24. The molecule has 0 unspecified atom stereocenters. The van der Waals surface area contributed by atoms with Crippen molar-refractivity contribution in [3.8, 4) is 5.75 Å². The molecule has 2 heterocycles. The zero-order valence-corrected chi connectivity index (χ0v) is 13.3. The first-order chi connectivity index (χ1) is 9.40. The smallest absolute Gasteiger partial charge is 0.410 e. The number of thiophene rings is 1.